The van der Waals surface area contributed by atoms with Crippen LogP contribution >= 0.6 is 38.9 Å². The Morgan fingerprint density at radius 3 is 2.93 bits per heavy atom. The predicted molar refractivity (Wildman–Crippen MR) is 63.8 cm³/mol. The number of hydrogen-bond acceptors (Lipinski definition) is 3. The molecule has 0 spiro atoms. The predicted octanol–water partition coefficient (Wildman–Crippen LogP) is 4.18. The van der Waals surface area contributed by atoms with Crippen LogP contribution in [0.3, 0.4) is 0 Å². The van der Waals surface area contributed by atoms with Gasteiger partial charge >= 0.3 is 0 Å². The molecule has 2 rings (SSSR count). The van der Waals surface area contributed by atoms with Crippen molar-refractivity contribution in [3.8, 4) is 0 Å². The Hall–Kier alpha value is -0.580. The average Bonchev–Trinajstić information content (AvgIpc) is 2.75. The normalized spacial score (nSPS) is 10.5. The lowest BCUT2D eigenvalue weighted by molar-refractivity contribution is 0.0965. The summed E-state index contributed by atoms with van der Waals surface area (Å²) in [6.07, 6.45) is 1.80. The Labute approximate surface area is 104 Å². The minimum atomic E-state index is -0.0543. The van der Waals surface area contributed by atoms with Gasteiger partial charge in [-0.25, -0.2) is 0 Å². The van der Waals surface area contributed by atoms with Crippen LogP contribution in [-0.4, -0.2) is 5.78 Å². The minimum Gasteiger partial charge on any atom is -0.460 e. The largest absolute Gasteiger partial charge is 0.460 e. The fourth-order valence-electron chi connectivity index (χ4n) is 1.20. The molecule has 0 amide bonds. The Balaban J connectivity index is 2.14. The molecule has 0 aliphatic carbocycles. The number of carbonyl (C=O) groups is 1. The topological polar surface area (TPSA) is 30.2 Å². The first-order chi connectivity index (χ1) is 7.16. The van der Waals surface area contributed by atoms with Gasteiger partial charge in [0, 0.05) is 6.42 Å². The summed E-state index contributed by atoms with van der Waals surface area (Å²) < 4.78 is 6.46. The second kappa shape index (κ2) is 4.51. The van der Waals surface area contributed by atoms with E-state index in [0.29, 0.717) is 21.0 Å². The molecule has 2 heterocycles. The number of carbonyl (C=O) groups excluding carboxylic acids is 1. The van der Waals surface area contributed by atoms with Crippen molar-refractivity contribution in [3.05, 3.63) is 43.9 Å². The molecule has 0 atom stereocenters. The summed E-state index contributed by atoms with van der Waals surface area (Å²) >= 11 is 10.4. The maximum atomic E-state index is 11.7. The summed E-state index contributed by atoms with van der Waals surface area (Å²) in [6, 6.07) is 3.49. The number of furan rings is 1. The van der Waals surface area contributed by atoms with Gasteiger partial charge in [-0.2, -0.15) is 0 Å². The van der Waals surface area contributed by atoms with E-state index in [0.717, 1.165) is 5.56 Å². The maximum Gasteiger partial charge on any atom is 0.203 e. The molecule has 0 fully saturated rings. The molecule has 0 saturated heterocycles. The molecule has 0 aliphatic heterocycles. The molecule has 0 unspecified atom stereocenters. The average molecular weight is 306 g/mol. The van der Waals surface area contributed by atoms with Crippen LogP contribution in [0, 0.1) is 0 Å². The Morgan fingerprint density at radius 2 is 2.40 bits per heavy atom. The van der Waals surface area contributed by atoms with Gasteiger partial charge in [-0.3, -0.25) is 4.79 Å². The van der Waals surface area contributed by atoms with Crippen LogP contribution in [0.1, 0.15) is 16.1 Å². The van der Waals surface area contributed by atoms with Crippen LogP contribution in [0.5, 0.6) is 0 Å². The van der Waals surface area contributed by atoms with Crippen LogP contribution in [0.4, 0.5) is 0 Å². The number of halogens is 2. The van der Waals surface area contributed by atoms with E-state index in [9.17, 15) is 4.79 Å². The molecule has 0 aliphatic rings. The van der Waals surface area contributed by atoms with Crippen molar-refractivity contribution in [2.75, 3.05) is 0 Å². The van der Waals surface area contributed by atoms with Gasteiger partial charge in [0.05, 0.1) is 15.1 Å². The number of Topliss-reactive ketones (excluding diaryl/α,β-unsaturated/α-hetero) is 1. The van der Waals surface area contributed by atoms with Gasteiger partial charge in [-0.15, -0.1) is 11.3 Å². The fraction of sp³-hybridized carbons (Fsp3) is 0.100. The van der Waals surface area contributed by atoms with Gasteiger partial charge in [0.25, 0.3) is 0 Å². The van der Waals surface area contributed by atoms with Crippen molar-refractivity contribution in [1.29, 1.82) is 0 Å². The first-order valence-corrected chi connectivity index (χ1v) is 6.21. The molecule has 5 heteroatoms. The van der Waals surface area contributed by atoms with E-state index in [1.54, 1.807) is 12.1 Å². The summed E-state index contributed by atoms with van der Waals surface area (Å²) in [7, 11) is 0. The number of rotatable bonds is 3. The summed E-state index contributed by atoms with van der Waals surface area (Å²) in [5.41, 5.74) is 0.915. The van der Waals surface area contributed by atoms with Gasteiger partial charge in [0.15, 0.2) is 5.76 Å². The van der Waals surface area contributed by atoms with Crippen molar-refractivity contribution in [2.24, 2.45) is 0 Å². The fourth-order valence-corrected chi connectivity index (χ4v) is 2.53. The van der Waals surface area contributed by atoms with Crippen molar-refractivity contribution >= 4 is 44.7 Å². The minimum absolute atomic E-state index is 0.0543. The van der Waals surface area contributed by atoms with E-state index in [1.165, 1.54) is 17.6 Å². The third kappa shape index (κ3) is 2.51. The van der Waals surface area contributed by atoms with Crippen molar-refractivity contribution in [2.45, 2.75) is 6.42 Å². The monoisotopic (exact) mass is 304 g/mol. The van der Waals surface area contributed by atoms with Crippen LogP contribution in [0.15, 0.2) is 32.7 Å². The lowest BCUT2D eigenvalue weighted by Gasteiger charge is -1.95. The second-order valence-corrected chi connectivity index (χ2v) is 5.35. The third-order valence-corrected chi connectivity index (χ3v) is 3.62. The molecule has 2 nitrogen and oxygen atoms in total. The summed E-state index contributed by atoms with van der Waals surface area (Å²) in [5.74, 6) is 0.304. The zero-order chi connectivity index (χ0) is 10.8. The van der Waals surface area contributed by atoms with Gasteiger partial charge in [-0.1, -0.05) is 11.6 Å². The van der Waals surface area contributed by atoms with Gasteiger partial charge in [0.2, 0.25) is 5.78 Å². The van der Waals surface area contributed by atoms with Crippen LogP contribution in [-0.2, 0) is 6.42 Å². The van der Waals surface area contributed by atoms with E-state index in [1.807, 2.05) is 5.38 Å². The molecule has 0 aromatic carbocycles. The SMILES string of the molecule is O=C(Cc1csc(Cl)c1)c1occc1Br. The van der Waals surface area contributed by atoms with Gasteiger partial charge < -0.3 is 4.42 Å². The van der Waals surface area contributed by atoms with E-state index in [-0.39, 0.29) is 5.78 Å². The summed E-state index contributed by atoms with van der Waals surface area (Å²) in [6.45, 7) is 0. The molecule has 15 heavy (non-hydrogen) atoms. The van der Waals surface area contributed by atoms with Gasteiger partial charge in [-0.05, 0) is 39.0 Å². The second-order valence-electron chi connectivity index (χ2n) is 2.96. The molecule has 2 aromatic rings. The lowest BCUT2D eigenvalue weighted by atomic mass is 10.1. The third-order valence-electron chi connectivity index (χ3n) is 1.86. The van der Waals surface area contributed by atoms with E-state index >= 15 is 0 Å². The Morgan fingerprint density at radius 1 is 1.60 bits per heavy atom. The van der Waals surface area contributed by atoms with E-state index < -0.39 is 0 Å². The lowest BCUT2D eigenvalue weighted by Crippen LogP contribution is -2.01. The number of hydrogen-bond donors (Lipinski definition) is 0. The zero-order valence-corrected chi connectivity index (χ0v) is 10.7. The smallest absolute Gasteiger partial charge is 0.203 e. The highest BCUT2D eigenvalue weighted by atomic mass is 79.9. The highest BCUT2D eigenvalue weighted by Gasteiger charge is 2.14. The maximum absolute atomic E-state index is 11.7. The van der Waals surface area contributed by atoms with E-state index in [4.69, 9.17) is 16.0 Å². The van der Waals surface area contributed by atoms with Crippen molar-refractivity contribution in [1.82, 2.24) is 0 Å². The van der Waals surface area contributed by atoms with Gasteiger partial charge in [0.1, 0.15) is 0 Å². The van der Waals surface area contributed by atoms with Crippen LogP contribution in [0.25, 0.3) is 0 Å². The first kappa shape index (κ1) is 10.9. The molecule has 0 saturated carbocycles. The highest BCUT2D eigenvalue weighted by Crippen LogP contribution is 2.23. The molecule has 0 N–H and O–H groups in total. The molecule has 2 aromatic heterocycles. The van der Waals surface area contributed by atoms with Crippen LogP contribution in [0.2, 0.25) is 4.34 Å². The van der Waals surface area contributed by atoms with Crippen molar-refractivity contribution < 1.29 is 9.21 Å². The van der Waals surface area contributed by atoms with E-state index in [2.05, 4.69) is 15.9 Å². The molecule has 78 valence electrons. The molecular formula is C10H6BrClO2S. The molecule has 0 bridgehead atoms. The highest BCUT2D eigenvalue weighted by molar-refractivity contribution is 9.10. The summed E-state index contributed by atoms with van der Waals surface area (Å²) in [5, 5.41) is 1.87. The van der Waals surface area contributed by atoms with Crippen molar-refractivity contribution in [3.63, 3.8) is 0 Å². The molecular weight excluding hydrogens is 300 g/mol. The zero-order valence-electron chi connectivity index (χ0n) is 7.50. The standard InChI is InChI=1S/C10H6BrClO2S/c11-7-1-2-14-10(7)8(13)3-6-4-9(12)15-5-6/h1-2,4-5H,3H2. The quantitative estimate of drug-likeness (QED) is 0.796. The number of ketones is 1. The molecule has 0 radical (unpaired) electrons. The first-order valence-electron chi connectivity index (χ1n) is 4.16. The summed E-state index contributed by atoms with van der Waals surface area (Å²) in [4.78, 5) is 11.7. The number of thiophene rings is 1. The Bertz CT molecular complexity index is 489. The van der Waals surface area contributed by atoms with Crippen LogP contribution < -0.4 is 0 Å². The Kier molecular flexibility index (Phi) is 3.29.